The molecule has 2 unspecified atom stereocenters. The minimum Gasteiger partial charge on any atom is -0.384 e. The Labute approximate surface area is 91.8 Å². The monoisotopic (exact) mass is 253 g/mol. The predicted molar refractivity (Wildman–Crippen MR) is 59.4 cm³/mol. The summed E-state index contributed by atoms with van der Waals surface area (Å²) in [6.07, 6.45) is 1.51. The zero-order valence-corrected chi connectivity index (χ0v) is 9.38. The van der Waals surface area contributed by atoms with Crippen LogP contribution in [0.4, 0.5) is 5.69 Å². The topological polar surface area (TPSA) is 21.3 Å². The van der Waals surface area contributed by atoms with Gasteiger partial charge in [0.25, 0.3) is 0 Å². The number of ether oxygens (including phenoxy) is 1. The fourth-order valence-electron chi connectivity index (χ4n) is 2.36. The number of hydrogen-bond donors (Lipinski definition) is 1. The van der Waals surface area contributed by atoms with Crippen LogP contribution in [0.2, 0.25) is 0 Å². The first-order chi connectivity index (χ1) is 6.84. The Bertz CT molecular complexity index is 366. The van der Waals surface area contributed by atoms with Gasteiger partial charge in [-0.2, -0.15) is 0 Å². The van der Waals surface area contributed by atoms with Crippen molar-refractivity contribution in [3.63, 3.8) is 0 Å². The standard InChI is InChI=1S/C11H12BrNO/c12-8-1-2-10-9(5-8)11-7(6-13-10)3-4-14-11/h1-2,5,7,11,13H,3-4,6H2. The first-order valence-electron chi connectivity index (χ1n) is 4.99. The van der Waals surface area contributed by atoms with E-state index in [1.54, 1.807) is 0 Å². The van der Waals surface area contributed by atoms with Gasteiger partial charge in [-0.15, -0.1) is 0 Å². The molecule has 2 heterocycles. The summed E-state index contributed by atoms with van der Waals surface area (Å²) < 4.78 is 6.91. The van der Waals surface area contributed by atoms with Gasteiger partial charge in [-0.25, -0.2) is 0 Å². The van der Waals surface area contributed by atoms with E-state index in [0.29, 0.717) is 12.0 Å². The zero-order valence-electron chi connectivity index (χ0n) is 7.79. The van der Waals surface area contributed by atoms with E-state index < -0.39 is 0 Å². The molecule has 0 aromatic heterocycles. The summed E-state index contributed by atoms with van der Waals surface area (Å²) in [6, 6.07) is 6.36. The molecule has 0 saturated carbocycles. The molecule has 1 aromatic carbocycles. The van der Waals surface area contributed by atoms with Gasteiger partial charge in [0.05, 0.1) is 6.10 Å². The number of anilines is 1. The summed E-state index contributed by atoms with van der Waals surface area (Å²) in [5, 5.41) is 3.46. The number of hydrogen-bond acceptors (Lipinski definition) is 2. The maximum Gasteiger partial charge on any atom is 0.0890 e. The van der Waals surface area contributed by atoms with Crippen molar-refractivity contribution in [1.29, 1.82) is 0 Å². The second kappa shape index (κ2) is 3.24. The molecule has 0 spiro atoms. The SMILES string of the molecule is Brc1ccc2c(c1)C1OCCC1CN2. The van der Waals surface area contributed by atoms with Gasteiger partial charge in [-0.05, 0) is 24.6 Å². The summed E-state index contributed by atoms with van der Waals surface area (Å²) in [7, 11) is 0. The molecule has 1 saturated heterocycles. The van der Waals surface area contributed by atoms with Gasteiger partial charge < -0.3 is 10.1 Å². The van der Waals surface area contributed by atoms with E-state index in [1.807, 2.05) is 0 Å². The molecule has 2 aliphatic rings. The van der Waals surface area contributed by atoms with E-state index in [-0.39, 0.29) is 0 Å². The zero-order chi connectivity index (χ0) is 9.54. The lowest BCUT2D eigenvalue weighted by Crippen LogP contribution is -2.24. The van der Waals surface area contributed by atoms with Crippen LogP contribution in [0.25, 0.3) is 0 Å². The average molecular weight is 254 g/mol. The third-order valence-corrected chi connectivity index (χ3v) is 3.58. The number of nitrogens with one attached hydrogen (secondary N) is 1. The molecule has 2 nitrogen and oxygen atoms in total. The molecule has 1 aromatic rings. The lowest BCUT2D eigenvalue weighted by molar-refractivity contribution is 0.0912. The largest absolute Gasteiger partial charge is 0.384 e. The predicted octanol–water partition coefficient (Wildman–Crippen LogP) is 2.95. The van der Waals surface area contributed by atoms with E-state index >= 15 is 0 Å². The van der Waals surface area contributed by atoms with Crippen molar-refractivity contribution >= 4 is 21.6 Å². The minimum atomic E-state index is 0.323. The van der Waals surface area contributed by atoms with E-state index in [0.717, 1.165) is 17.6 Å². The van der Waals surface area contributed by atoms with Crippen molar-refractivity contribution in [3.8, 4) is 0 Å². The molecule has 1 fully saturated rings. The first-order valence-corrected chi connectivity index (χ1v) is 5.79. The van der Waals surface area contributed by atoms with Crippen LogP contribution in [0, 0.1) is 5.92 Å². The summed E-state index contributed by atoms with van der Waals surface area (Å²) in [5.74, 6) is 0.664. The summed E-state index contributed by atoms with van der Waals surface area (Å²) in [6.45, 7) is 1.96. The van der Waals surface area contributed by atoms with Crippen LogP contribution in [0.5, 0.6) is 0 Å². The molecule has 2 atom stereocenters. The summed E-state index contributed by atoms with van der Waals surface area (Å²) in [4.78, 5) is 0. The van der Waals surface area contributed by atoms with Gasteiger partial charge in [-0.1, -0.05) is 15.9 Å². The quantitative estimate of drug-likeness (QED) is 0.768. The van der Waals surface area contributed by atoms with Crippen LogP contribution < -0.4 is 5.32 Å². The second-order valence-corrected chi connectivity index (χ2v) is 4.87. The number of halogens is 1. The van der Waals surface area contributed by atoms with Crippen LogP contribution >= 0.6 is 15.9 Å². The molecular weight excluding hydrogens is 242 g/mol. The van der Waals surface area contributed by atoms with Gasteiger partial charge in [0.15, 0.2) is 0 Å². The van der Waals surface area contributed by atoms with Crippen molar-refractivity contribution in [2.24, 2.45) is 5.92 Å². The smallest absolute Gasteiger partial charge is 0.0890 e. The number of fused-ring (bicyclic) bond motifs is 3. The Hall–Kier alpha value is -0.540. The van der Waals surface area contributed by atoms with Crippen LogP contribution in [0.1, 0.15) is 18.1 Å². The highest BCUT2D eigenvalue weighted by atomic mass is 79.9. The third-order valence-electron chi connectivity index (χ3n) is 3.09. The Morgan fingerprint density at radius 3 is 3.29 bits per heavy atom. The van der Waals surface area contributed by atoms with E-state index in [1.165, 1.54) is 17.7 Å². The first kappa shape index (κ1) is 8.74. The average Bonchev–Trinajstić information content (AvgIpc) is 2.65. The minimum absolute atomic E-state index is 0.323. The molecule has 0 aliphatic carbocycles. The molecule has 1 N–H and O–H groups in total. The van der Waals surface area contributed by atoms with Crippen molar-refractivity contribution in [1.82, 2.24) is 0 Å². The maximum absolute atomic E-state index is 5.78. The Balaban J connectivity index is 2.07. The van der Waals surface area contributed by atoms with Crippen LogP contribution in [-0.4, -0.2) is 13.2 Å². The molecule has 3 rings (SSSR count). The highest BCUT2D eigenvalue weighted by Gasteiger charge is 2.34. The molecule has 0 radical (unpaired) electrons. The molecule has 0 amide bonds. The molecule has 0 bridgehead atoms. The van der Waals surface area contributed by atoms with Crippen LogP contribution in [0.3, 0.4) is 0 Å². The van der Waals surface area contributed by atoms with Gasteiger partial charge in [0, 0.05) is 34.8 Å². The second-order valence-electron chi connectivity index (χ2n) is 3.95. The fourth-order valence-corrected chi connectivity index (χ4v) is 2.74. The highest BCUT2D eigenvalue weighted by molar-refractivity contribution is 9.10. The lowest BCUT2D eigenvalue weighted by atomic mass is 9.91. The Morgan fingerprint density at radius 2 is 2.36 bits per heavy atom. The molecular formula is C11H12BrNO. The molecule has 3 heteroatoms. The van der Waals surface area contributed by atoms with Crippen molar-refractivity contribution < 1.29 is 4.74 Å². The van der Waals surface area contributed by atoms with Crippen molar-refractivity contribution in [2.45, 2.75) is 12.5 Å². The molecule has 14 heavy (non-hydrogen) atoms. The van der Waals surface area contributed by atoms with E-state index in [2.05, 4.69) is 39.4 Å². The maximum atomic E-state index is 5.78. The summed E-state index contributed by atoms with van der Waals surface area (Å²) >= 11 is 3.50. The van der Waals surface area contributed by atoms with E-state index in [9.17, 15) is 0 Å². The van der Waals surface area contributed by atoms with Crippen LogP contribution in [-0.2, 0) is 4.74 Å². The fraction of sp³-hybridized carbons (Fsp3) is 0.455. The molecule has 2 aliphatic heterocycles. The highest BCUT2D eigenvalue weighted by Crippen LogP contribution is 2.42. The molecule has 74 valence electrons. The number of rotatable bonds is 0. The van der Waals surface area contributed by atoms with Gasteiger partial charge in [0.1, 0.15) is 0 Å². The number of benzene rings is 1. The normalized spacial score (nSPS) is 29.2. The van der Waals surface area contributed by atoms with Gasteiger partial charge in [-0.3, -0.25) is 0 Å². The van der Waals surface area contributed by atoms with Crippen molar-refractivity contribution in [2.75, 3.05) is 18.5 Å². The van der Waals surface area contributed by atoms with Gasteiger partial charge in [0.2, 0.25) is 0 Å². The Kier molecular flexibility index (Phi) is 2.03. The van der Waals surface area contributed by atoms with E-state index in [4.69, 9.17) is 4.74 Å². The van der Waals surface area contributed by atoms with Crippen molar-refractivity contribution in [3.05, 3.63) is 28.2 Å². The third kappa shape index (κ3) is 1.27. The summed E-state index contributed by atoms with van der Waals surface area (Å²) in [5.41, 5.74) is 2.55. The van der Waals surface area contributed by atoms with Crippen LogP contribution in [0.15, 0.2) is 22.7 Å². The Morgan fingerprint density at radius 1 is 1.43 bits per heavy atom. The van der Waals surface area contributed by atoms with Gasteiger partial charge >= 0.3 is 0 Å². The lowest BCUT2D eigenvalue weighted by Gasteiger charge is -2.28.